The van der Waals surface area contributed by atoms with E-state index in [1.165, 1.54) is 42.5 Å². The summed E-state index contributed by atoms with van der Waals surface area (Å²) < 4.78 is 25.6. The molecule has 0 heterocycles. The number of carbonyl (C=O) groups is 5. The van der Waals surface area contributed by atoms with E-state index in [0.29, 0.717) is 0 Å². The number of hydrogen-bond acceptors (Lipinski definition) is 12. The fourth-order valence-electron chi connectivity index (χ4n) is 2.65. The largest absolute Gasteiger partial charge is 0.423 e. The number of hydrogen-bond donors (Lipinski definition) is 1. The van der Waals surface area contributed by atoms with E-state index >= 15 is 0 Å². The summed E-state index contributed by atoms with van der Waals surface area (Å²) in [6.07, 6.45) is 7.37. The molecule has 40 heavy (non-hydrogen) atoms. The molecule has 0 aliphatic heterocycles. The summed E-state index contributed by atoms with van der Waals surface area (Å²) in [5.41, 5.74) is 0.281. The third-order valence-electron chi connectivity index (χ3n) is 4.25. The molecule has 0 spiro atoms. The predicted octanol–water partition coefficient (Wildman–Crippen LogP) is 2.93. The van der Waals surface area contributed by atoms with Crippen molar-refractivity contribution in [2.75, 3.05) is 6.61 Å². The summed E-state index contributed by atoms with van der Waals surface area (Å²) in [5.74, 6) is 0.321. The van der Waals surface area contributed by atoms with Crippen molar-refractivity contribution < 1.29 is 52.5 Å². The summed E-state index contributed by atoms with van der Waals surface area (Å²) in [6, 6.07) is 7.70. The normalized spacial score (nSPS) is 10.4. The number of rotatable bonds is 13. The van der Waals surface area contributed by atoms with Gasteiger partial charge < -0.3 is 28.5 Å². The summed E-state index contributed by atoms with van der Waals surface area (Å²) in [6.45, 7) is 9.84. The van der Waals surface area contributed by atoms with Crippen LogP contribution in [0.4, 0.5) is 0 Å². The zero-order chi connectivity index (χ0) is 29.5. The molecule has 0 aliphatic carbocycles. The monoisotopic (exact) mass is 549 g/mol. The molecule has 0 saturated carbocycles. The van der Waals surface area contributed by atoms with Crippen molar-refractivity contribution in [3.63, 3.8) is 0 Å². The fourth-order valence-corrected chi connectivity index (χ4v) is 2.65. The van der Waals surface area contributed by atoms with E-state index in [0.717, 1.165) is 36.4 Å². The van der Waals surface area contributed by atoms with Gasteiger partial charge in [-0.1, -0.05) is 19.7 Å². The van der Waals surface area contributed by atoms with Gasteiger partial charge in [0.1, 0.15) is 17.2 Å². The first-order valence-electron chi connectivity index (χ1n) is 11.1. The number of carbonyl (C=O) groups excluding carboxylic acids is 5. The Morgan fingerprint density at radius 2 is 1.15 bits per heavy atom. The zero-order valence-corrected chi connectivity index (χ0v) is 20.9. The second-order valence-corrected chi connectivity index (χ2v) is 7.13. The molecule has 0 fully saturated rings. The smallest absolute Gasteiger partial charge is 0.336 e. The Hall–Kier alpha value is -5.59. The molecule has 0 aliphatic rings. The van der Waals surface area contributed by atoms with Gasteiger partial charge in [-0.2, -0.15) is 0 Å². The van der Waals surface area contributed by atoms with E-state index in [9.17, 15) is 24.0 Å². The zero-order valence-electron chi connectivity index (χ0n) is 20.9. The lowest BCUT2D eigenvalue weighted by atomic mass is 10.2. The lowest BCUT2D eigenvalue weighted by Gasteiger charge is -2.10. The van der Waals surface area contributed by atoms with Gasteiger partial charge in [-0.15, -0.1) is 0 Å². The molecule has 2 aromatic rings. The fraction of sp³-hybridized carbons (Fsp3) is 0.0357. The quantitative estimate of drug-likeness (QED) is 0.168. The second-order valence-electron chi connectivity index (χ2n) is 7.13. The van der Waals surface area contributed by atoms with Crippen LogP contribution < -0.4 is 29.6 Å². The van der Waals surface area contributed by atoms with E-state index in [1.54, 1.807) is 0 Å². The molecule has 12 nitrogen and oxygen atoms in total. The van der Waals surface area contributed by atoms with Crippen LogP contribution >= 0.6 is 0 Å². The summed E-state index contributed by atoms with van der Waals surface area (Å²) in [7, 11) is 0. The lowest BCUT2D eigenvalue weighted by molar-refractivity contribution is -0.131. The Labute approximate surface area is 228 Å². The molecule has 0 radical (unpaired) electrons. The molecular weight excluding hydrogens is 526 g/mol. The molecule has 12 heteroatoms. The molecule has 2 rings (SSSR count). The minimum Gasteiger partial charge on any atom is -0.423 e. The Morgan fingerprint density at radius 3 is 1.70 bits per heavy atom. The first kappa shape index (κ1) is 30.6. The molecule has 206 valence electrons. The molecule has 0 unspecified atom stereocenters. The lowest BCUT2D eigenvalue weighted by Crippen LogP contribution is -2.10. The van der Waals surface area contributed by atoms with Crippen molar-refractivity contribution in [1.29, 1.82) is 0 Å². The first-order valence-corrected chi connectivity index (χ1v) is 11.1. The molecule has 2 aromatic carbocycles. The van der Waals surface area contributed by atoms with Crippen molar-refractivity contribution >= 4 is 35.9 Å². The Bertz CT molecular complexity index is 1350. The van der Waals surface area contributed by atoms with Crippen LogP contribution in [0.1, 0.15) is 5.56 Å². The maximum atomic E-state index is 12.6. The summed E-state index contributed by atoms with van der Waals surface area (Å²) >= 11 is 0. The van der Waals surface area contributed by atoms with Crippen LogP contribution in [-0.4, -0.2) is 36.5 Å². The van der Waals surface area contributed by atoms with E-state index in [1.807, 2.05) is 0 Å². The van der Waals surface area contributed by atoms with Crippen LogP contribution in [0.5, 0.6) is 28.7 Å². The third kappa shape index (κ3) is 10.4. The summed E-state index contributed by atoms with van der Waals surface area (Å²) in [5, 5.41) is 0. The SMILES string of the molecule is C=CC(=O)Oc1cc(/C=C/C(=O)Oc2ccc(OC(=O)C=C)cc2OC(=O)/C=C/CON)cc(OC(=O)C=C)c1. The highest BCUT2D eigenvalue weighted by Gasteiger charge is 2.15. The van der Waals surface area contributed by atoms with Crippen LogP contribution in [0.2, 0.25) is 0 Å². The molecule has 2 N–H and O–H groups in total. The Morgan fingerprint density at radius 1 is 0.625 bits per heavy atom. The van der Waals surface area contributed by atoms with Crippen molar-refractivity contribution in [3.8, 4) is 28.7 Å². The topological polar surface area (TPSA) is 167 Å². The van der Waals surface area contributed by atoms with E-state index < -0.39 is 29.8 Å². The van der Waals surface area contributed by atoms with Gasteiger partial charge in [0.2, 0.25) is 0 Å². The van der Waals surface area contributed by atoms with Crippen molar-refractivity contribution in [2.24, 2.45) is 5.90 Å². The second kappa shape index (κ2) is 15.6. The van der Waals surface area contributed by atoms with Crippen LogP contribution in [0, 0.1) is 0 Å². The highest BCUT2D eigenvalue weighted by molar-refractivity contribution is 5.90. The molecule has 0 saturated heterocycles. The molecular formula is C28H23NO11. The van der Waals surface area contributed by atoms with Crippen LogP contribution in [0.15, 0.2) is 92.6 Å². The summed E-state index contributed by atoms with van der Waals surface area (Å²) in [4.78, 5) is 63.7. The first-order chi connectivity index (χ1) is 19.2. The Kier molecular flexibility index (Phi) is 12.0. The number of esters is 5. The van der Waals surface area contributed by atoms with Gasteiger partial charge in [0.25, 0.3) is 0 Å². The van der Waals surface area contributed by atoms with Crippen LogP contribution in [0.3, 0.4) is 0 Å². The average Bonchev–Trinajstić information content (AvgIpc) is 2.93. The number of nitrogens with two attached hydrogens (primary N) is 1. The van der Waals surface area contributed by atoms with Gasteiger partial charge in [0, 0.05) is 42.5 Å². The molecule has 0 amide bonds. The Balaban J connectivity index is 2.31. The minimum absolute atomic E-state index is 0.000714. The van der Waals surface area contributed by atoms with Crippen LogP contribution in [-0.2, 0) is 28.8 Å². The van der Waals surface area contributed by atoms with E-state index in [4.69, 9.17) is 29.6 Å². The van der Waals surface area contributed by atoms with Crippen molar-refractivity contribution in [3.05, 3.63) is 98.2 Å². The number of ether oxygens (including phenoxy) is 5. The highest BCUT2D eigenvalue weighted by Crippen LogP contribution is 2.32. The minimum atomic E-state index is -0.918. The van der Waals surface area contributed by atoms with Gasteiger partial charge in [-0.3, -0.25) is 0 Å². The van der Waals surface area contributed by atoms with Gasteiger partial charge in [-0.25, -0.2) is 29.9 Å². The average molecular weight is 549 g/mol. The maximum absolute atomic E-state index is 12.6. The van der Waals surface area contributed by atoms with Crippen LogP contribution in [0.25, 0.3) is 6.08 Å². The van der Waals surface area contributed by atoms with E-state index in [-0.39, 0.29) is 40.9 Å². The van der Waals surface area contributed by atoms with Crippen molar-refractivity contribution in [1.82, 2.24) is 0 Å². The predicted molar refractivity (Wildman–Crippen MR) is 140 cm³/mol. The van der Waals surface area contributed by atoms with E-state index in [2.05, 4.69) is 24.6 Å². The maximum Gasteiger partial charge on any atom is 0.336 e. The van der Waals surface area contributed by atoms with Gasteiger partial charge in [-0.05, 0) is 42.0 Å². The van der Waals surface area contributed by atoms with Gasteiger partial charge in [0.15, 0.2) is 11.5 Å². The van der Waals surface area contributed by atoms with Gasteiger partial charge >= 0.3 is 29.8 Å². The number of benzene rings is 2. The third-order valence-corrected chi connectivity index (χ3v) is 4.25. The highest BCUT2D eigenvalue weighted by atomic mass is 16.6. The molecule has 0 atom stereocenters. The molecule has 0 aromatic heterocycles. The van der Waals surface area contributed by atoms with Gasteiger partial charge in [0.05, 0.1) is 6.61 Å². The standard InChI is InChI=1S/C28H23NO11/c1-4-24(30)36-19-10-11-22(23(17-19)40-27(33)8-7-13-35-29)39-28(34)12-9-18-14-20(37-25(31)5-2)16-21(15-18)38-26(32)6-3/h4-12,14-17H,1-3,13,29H2/b8-7+,12-9+. The van der Waals surface area contributed by atoms with Crippen molar-refractivity contribution in [2.45, 2.75) is 0 Å². The molecule has 0 bridgehead atoms.